The summed E-state index contributed by atoms with van der Waals surface area (Å²) in [5.41, 5.74) is 0. The molecule has 0 saturated heterocycles. The first-order chi connectivity index (χ1) is 5.74. The normalized spacial score (nSPS) is 11.1. The zero-order chi connectivity index (χ0) is 9.45. The standard InChI is InChI=1S/C11H26N.FH/c1-5-9-10-11-12(6-2,7-3)8-4;/h5-11H2,1-4H3;1H/q+1;/p-1. The molecule has 0 amide bonds. The van der Waals surface area contributed by atoms with Crippen molar-refractivity contribution in [3.05, 3.63) is 0 Å². The Morgan fingerprint density at radius 1 is 0.769 bits per heavy atom. The second kappa shape index (κ2) is 8.49. The van der Waals surface area contributed by atoms with Crippen LogP contribution in [0.25, 0.3) is 0 Å². The van der Waals surface area contributed by atoms with Crippen LogP contribution in [0.1, 0.15) is 47.0 Å². The third kappa shape index (κ3) is 5.25. The number of quaternary nitrogens is 1. The lowest BCUT2D eigenvalue weighted by Gasteiger charge is -2.35. The second-order valence-electron chi connectivity index (χ2n) is 3.72. The van der Waals surface area contributed by atoms with Crippen LogP contribution in [0.3, 0.4) is 0 Å². The van der Waals surface area contributed by atoms with E-state index in [1.165, 1.54) is 49.9 Å². The molecule has 13 heavy (non-hydrogen) atoms. The molecule has 0 atom stereocenters. The molecule has 0 heterocycles. The van der Waals surface area contributed by atoms with Gasteiger partial charge >= 0.3 is 0 Å². The maximum atomic E-state index is 2.32. The number of nitrogens with zero attached hydrogens (tertiary/aromatic N) is 1. The van der Waals surface area contributed by atoms with Gasteiger partial charge in [-0.25, -0.2) is 0 Å². The van der Waals surface area contributed by atoms with Crippen molar-refractivity contribution in [1.29, 1.82) is 0 Å². The highest BCUT2D eigenvalue weighted by atomic mass is 19.0. The fourth-order valence-electron chi connectivity index (χ4n) is 1.84. The van der Waals surface area contributed by atoms with Gasteiger partial charge in [-0.05, 0) is 33.6 Å². The summed E-state index contributed by atoms with van der Waals surface area (Å²) < 4.78 is 1.32. The van der Waals surface area contributed by atoms with Crippen molar-refractivity contribution >= 4 is 0 Å². The smallest absolute Gasteiger partial charge is 0.0786 e. The van der Waals surface area contributed by atoms with Gasteiger partial charge < -0.3 is 9.19 Å². The van der Waals surface area contributed by atoms with E-state index in [9.17, 15) is 0 Å². The maximum absolute atomic E-state index is 2.32. The largest absolute Gasteiger partial charge is 1.00 e. The van der Waals surface area contributed by atoms with Gasteiger partial charge in [0.15, 0.2) is 0 Å². The van der Waals surface area contributed by atoms with E-state index < -0.39 is 0 Å². The molecule has 0 rings (SSSR count). The number of rotatable bonds is 7. The van der Waals surface area contributed by atoms with E-state index in [2.05, 4.69) is 27.7 Å². The van der Waals surface area contributed by atoms with Crippen molar-refractivity contribution in [3.63, 3.8) is 0 Å². The molecule has 0 aromatic heterocycles. The molecular formula is C11H26FN. The van der Waals surface area contributed by atoms with Crippen LogP contribution in [0.5, 0.6) is 0 Å². The van der Waals surface area contributed by atoms with Crippen molar-refractivity contribution in [2.24, 2.45) is 0 Å². The van der Waals surface area contributed by atoms with Crippen LogP contribution in [0, 0.1) is 0 Å². The Morgan fingerprint density at radius 3 is 1.54 bits per heavy atom. The van der Waals surface area contributed by atoms with Crippen LogP contribution in [-0.2, 0) is 0 Å². The fourth-order valence-corrected chi connectivity index (χ4v) is 1.84. The molecular weight excluding hydrogens is 165 g/mol. The molecule has 0 spiro atoms. The maximum Gasteiger partial charge on any atom is 0.0786 e. The SMILES string of the molecule is CCCCC[N+](CC)(CC)CC.[F-]. The zero-order valence-corrected chi connectivity index (χ0v) is 9.77. The predicted octanol–water partition coefficient (Wildman–Crippen LogP) is 0.0571. The third-order valence-corrected chi connectivity index (χ3v) is 3.25. The second-order valence-corrected chi connectivity index (χ2v) is 3.72. The molecule has 0 radical (unpaired) electrons. The minimum absolute atomic E-state index is 0. The Bertz CT molecular complexity index is 92.0. The summed E-state index contributed by atoms with van der Waals surface area (Å²) in [6.07, 6.45) is 4.16. The predicted molar refractivity (Wildman–Crippen MR) is 56.3 cm³/mol. The monoisotopic (exact) mass is 191 g/mol. The van der Waals surface area contributed by atoms with Crippen molar-refractivity contribution in [3.8, 4) is 0 Å². The number of hydrogen-bond acceptors (Lipinski definition) is 0. The molecule has 0 fully saturated rings. The molecule has 0 saturated carbocycles. The molecule has 82 valence electrons. The third-order valence-electron chi connectivity index (χ3n) is 3.25. The highest BCUT2D eigenvalue weighted by Crippen LogP contribution is 2.09. The van der Waals surface area contributed by atoms with Crippen LogP contribution in [-0.4, -0.2) is 30.7 Å². The zero-order valence-electron chi connectivity index (χ0n) is 9.77. The van der Waals surface area contributed by atoms with Gasteiger partial charge in [0, 0.05) is 0 Å². The van der Waals surface area contributed by atoms with Crippen LogP contribution in [0.15, 0.2) is 0 Å². The minimum atomic E-state index is 0. The molecule has 0 aromatic rings. The first-order valence-corrected chi connectivity index (χ1v) is 5.59. The Labute approximate surface area is 83.1 Å². The number of halogens is 1. The van der Waals surface area contributed by atoms with Gasteiger partial charge in [-0.1, -0.05) is 13.3 Å². The quantitative estimate of drug-likeness (QED) is 0.394. The summed E-state index contributed by atoms with van der Waals surface area (Å²) in [4.78, 5) is 0. The summed E-state index contributed by atoms with van der Waals surface area (Å²) >= 11 is 0. The summed E-state index contributed by atoms with van der Waals surface area (Å²) in [7, 11) is 0. The summed E-state index contributed by atoms with van der Waals surface area (Å²) in [5.74, 6) is 0. The van der Waals surface area contributed by atoms with E-state index in [1.54, 1.807) is 0 Å². The van der Waals surface area contributed by atoms with Crippen molar-refractivity contribution in [2.45, 2.75) is 47.0 Å². The van der Waals surface area contributed by atoms with Crippen molar-refractivity contribution in [1.82, 2.24) is 0 Å². The molecule has 0 N–H and O–H groups in total. The van der Waals surface area contributed by atoms with E-state index >= 15 is 0 Å². The molecule has 0 aliphatic carbocycles. The number of unbranched alkanes of at least 4 members (excludes halogenated alkanes) is 2. The first-order valence-electron chi connectivity index (χ1n) is 5.59. The molecule has 2 heteroatoms. The lowest BCUT2D eigenvalue weighted by atomic mass is 10.2. The van der Waals surface area contributed by atoms with Gasteiger partial charge in [-0.3, -0.25) is 0 Å². The highest BCUT2D eigenvalue weighted by molar-refractivity contribution is 4.41. The van der Waals surface area contributed by atoms with Crippen LogP contribution in [0.2, 0.25) is 0 Å². The van der Waals surface area contributed by atoms with Crippen LogP contribution >= 0.6 is 0 Å². The Balaban J connectivity index is 0. The van der Waals surface area contributed by atoms with Gasteiger partial charge in [0.05, 0.1) is 26.2 Å². The molecule has 0 aliphatic rings. The highest BCUT2D eigenvalue weighted by Gasteiger charge is 2.18. The summed E-state index contributed by atoms with van der Waals surface area (Å²) in [6, 6.07) is 0. The molecule has 0 aliphatic heterocycles. The van der Waals surface area contributed by atoms with E-state index in [0.29, 0.717) is 0 Å². The van der Waals surface area contributed by atoms with Gasteiger partial charge in [-0.2, -0.15) is 0 Å². The summed E-state index contributed by atoms with van der Waals surface area (Å²) in [5, 5.41) is 0. The minimum Gasteiger partial charge on any atom is -1.00 e. The summed E-state index contributed by atoms with van der Waals surface area (Å²) in [6.45, 7) is 14.5. The van der Waals surface area contributed by atoms with Crippen LogP contribution < -0.4 is 4.70 Å². The topological polar surface area (TPSA) is 0 Å². The Morgan fingerprint density at radius 2 is 1.23 bits per heavy atom. The lowest BCUT2D eigenvalue weighted by Crippen LogP contribution is -3.00. The average Bonchev–Trinajstić information content (AvgIpc) is 2.14. The Kier molecular flexibility index (Phi) is 10.0. The molecule has 0 aromatic carbocycles. The van der Waals surface area contributed by atoms with Gasteiger partial charge in [0.2, 0.25) is 0 Å². The Hall–Kier alpha value is -0.110. The number of hydrogen-bond donors (Lipinski definition) is 0. The van der Waals surface area contributed by atoms with Crippen molar-refractivity contribution in [2.75, 3.05) is 26.2 Å². The van der Waals surface area contributed by atoms with E-state index in [-0.39, 0.29) is 4.70 Å². The van der Waals surface area contributed by atoms with Crippen molar-refractivity contribution < 1.29 is 9.19 Å². The lowest BCUT2D eigenvalue weighted by molar-refractivity contribution is -0.923. The van der Waals surface area contributed by atoms with Crippen LogP contribution in [0.4, 0.5) is 0 Å². The average molecular weight is 191 g/mol. The van der Waals surface area contributed by atoms with E-state index in [0.717, 1.165) is 0 Å². The molecule has 0 unspecified atom stereocenters. The fraction of sp³-hybridized carbons (Fsp3) is 1.00. The van der Waals surface area contributed by atoms with Gasteiger partial charge in [0.25, 0.3) is 0 Å². The first kappa shape index (κ1) is 15.4. The van der Waals surface area contributed by atoms with Gasteiger partial charge in [-0.15, -0.1) is 0 Å². The van der Waals surface area contributed by atoms with E-state index in [1.807, 2.05) is 0 Å². The molecule has 1 nitrogen and oxygen atoms in total. The van der Waals surface area contributed by atoms with Gasteiger partial charge in [0.1, 0.15) is 0 Å². The van der Waals surface area contributed by atoms with E-state index in [4.69, 9.17) is 0 Å². The molecule has 0 bridgehead atoms.